The minimum absolute atomic E-state index is 0.101. The lowest BCUT2D eigenvalue weighted by molar-refractivity contribution is -0.148. The Morgan fingerprint density at radius 1 is 1.12 bits per heavy atom. The van der Waals surface area contributed by atoms with Crippen LogP contribution in [0.2, 0.25) is 0 Å². The van der Waals surface area contributed by atoms with Crippen molar-refractivity contribution < 1.29 is 18.8 Å². The molecule has 130 valence electrons. The number of amides is 3. The molecule has 0 aliphatic carbocycles. The second-order valence-corrected chi connectivity index (χ2v) is 6.11. The Labute approximate surface area is 140 Å². The first-order valence-electron chi connectivity index (χ1n) is 7.99. The normalized spacial score (nSPS) is 14.7. The van der Waals surface area contributed by atoms with Gasteiger partial charge in [-0.1, -0.05) is 12.1 Å². The van der Waals surface area contributed by atoms with Crippen molar-refractivity contribution in [2.24, 2.45) is 0 Å². The molecule has 1 heterocycles. The summed E-state index contributed by atoms with van der Waals surface area (Å²) < 4.78 is 13.2. The summed E-state index contributed by atoms with van der Waals surface area (Å²) in [6, 6.07) is 5.85. The largest absolute Gasteiger partial charge is 0.346 e. The highest BCUT2D eigenvalue weighted by Gasteiger charge is 2.27. The highest BCUT2D eigenvalue weighted by Crippen LogP contribution is 2.09. The van der Waals surface area contributed by atoms with Gasteiger partial charge in [-0.15, -0.1) is 0 Å². The number of rotatable bonds is 3. The number of nitrogens with zero attached hydrogens (tertiary/aromatic N) is 2. The van der Waals surface area contributed by atoms with Crippen LogP contribution in [0.25, 0.3) is 0 Å². The fraction of sp³-hybridized carbons (Fsp3) is 0.471. The molecular weight excluding hydrogens is 313 g/mol. The van der Waals surface area contributed by atoms with Gasteiger partial charge in [-0.05, 0) is 31.5 Å². The van der Waals surface area contributed by atoms with Crippen LogP contribution in [0.1, 0.15) is 19.4 Å². The van der Waals surface area contributed by atoms with Crippen molar-refractivity contribution in [1.82, 2.24) is 15.1 Å². The summed E-state index contributed by atoms with van der Waals surface area (Å²) in [5.41, 5.74) is 0.620. The minimum Gasteiger partial charge on any atom is -0.346 e. The van der Waals surface area contributed by atoms with Gasteiger partial charge in [-0.3, -0.25) is 14.4 Å². The predicted octanol–water partition coefficient (Wildman–Crippen LogP) is 0.564. The van der Waals surface area contributed by atoms with Crippen LogP contribution >= 0.6 is 0 Å². The monoisotopic (exact) mass is 335 g/mol. The minimum atomic E-state index is -0.621. The molecule has 6 nitrogen and oxygen atoms in total. The van der Waals surface area contributed by atoms with E-state index in [4.69, 9.17) is 0 Å². The van der Waals surface area contributed by atoms with Crippen LogP contribution < -0.4 is 5.32 Å². The van der Waals surface area contributed by atoms with Crippen LogP contribution in [-0.2, 0) is 20.8 Å². The molecule has 0 atom stereocenters. The maximum Gasteiger partial charge on any atom is 0.312 e. The maximum atomic E-state index is 13.2. The van der Waals surface area contributed by atoms with Crippen molar-refractivity contribution in [2.75, 3.05) is 26.2 Å². The Morgan fingerprint density at radius 2 is 1.75 bits per heavy atom. The molecule has 0 aromatic heterocycles. The van der Waals surface area contributed by atoms with E-state index in [0.717, 1.165) is 0 Å². The molecule has 0 bridgehead atoms. The summed E-state index contributed by atoms with van der Waals surface area (Å²) in [6.07, 6.45) is 0.125. The van der Waals surface area contributed by atoms with Crippen LogP contribution in [0, 0.1) is 5.82 Å². The molecule has 0 unspecified atom stereocenters. The number of halogens is 1. The van der Waals surface area contributed by atoms with Gasteiger partial charge < -0.3 is 15.1 Å². The van der Waals surface area contributed by atoms with Gasteiger partial charge in [0.1, 0.15) is 5.82 Å². The zero-order chi connectivity index (χ0) is 17.7. The number of carbonyl (C=O) groups is 3. The fourth-order valence-corrected chi connectivity index (χ4v) is 2.56. The average molecular weight is 335 g/mol. The van der Waals surface area contributed by atoms with Crippen LogP contribution in [0.5, 0.6) is 0 Å². The SMILES string of the molecule is CC(C)NC(=O)C(=O)N1CCN(C(=O)Cc2cccc(F)c2)CC1. The molecule has 1 saturated heterocycles. The molecule has 1 aliphatic heterocycles. The van der Waals surface area contributed by atoms with Crippen molar-refractivity contribution in [3.8, 4) is 0 Å². The lowest BCUT2D eigenvalue weighted by atomic mass is 10.1. The van der Waals surface area contributed by atoms with E-state index in [1.807, 2.05) is 0 Å². The Balaban J connectivity index is 1.84. The molecule has 0 radical (unpaired) electrons. The summed E-state index contributed by atoms with van der Waals surface area (Å²) in [6.45, 7) is 4.95. The third-order valence-electron chi connectivity index (χ3n) is 3.78. The van der Waals surface area contributed by atoms with Gasteiger partial charge in [0.05, 0.1) is 6.42 Å². The highest BCUT2D eigenvalue weighted by molar-refractivity contribution is 6.35. The summed E-state index contributed by atoms with van der Waals surface area (Å²) in [5, 5.41) is 2.57. The number of nitrogens with one attached hydrogen (secondary N) is 1. The number of hydrogen-bond donors (Lipinski definition) is 1. The van der Waals surface area contributed by atoms with Crippen LogP contribution in [-0.4, -0.2) is 59.7 Å². The Bertz CT molecular complexity index is 625. The standard InChI is InChI=1S/C17H22FN3O3/c1-12(2)19-16(23)17(24)21-8-6-20(7-9-21)15(22)11-13-4-3-5-14(18)10-13/h3-5,10,12H,6-9,11H2,1-2H3,(H,19,23). The molecule has 0 saturated carbocycles. The van der Waals surface area contributed by atoms with E-state index in [1.54, 1.807) is 30.9 Å². The quantitative estimate of drug-likeness (QED) is 0.821. The average Bonchev–Trinajstić information content (AvgIpc) is 2.53. The van der Waals surface area contributed by atoms with Crippen LogP contribution in [0.4, 0.5) is 4.39 Å². The molecule has 1 fully saturated rings. The second kappa shape index (κ2) is 7.90. The van der Waals surface area contributed by atoms with Crippen molar-refractivity contribution in [3.63, 3.8) is 0 Å². The van der Waals surface area contributed by atoms with E-state index in [2.05, 4.69) is 5.32 Å². The first-order valence-corrected chi connectivity index (χ1v) is 7.99. The number of benzene rings is 1. The lowest BCUT2D eigenvalue weighted by Gasteiger charge is -2.34. The predicted molar refractivity (Wildman–Crippen MR) is 86.5 cm³/mol. The Morgan fingerprint density at radius 3 is 2.33 bits per heavy atom. The first-order chi connectivity index (χ1) is 11.4. The number of piperazine rings is 1. The molecule has 1 aliphatic rings. The van der Waals surface area contributed by atoms with E-state index < -0.39 is 11.8 Å². The fourth-order valence-electron chi connectivity index (χ4n) is 2.56. The van der Waals surface area contributed by atoms with E-state index in [9.17, 15) is 18.8 Å². The highest BCUT2D eigenvalue weighted by atomic mass is 19.1. The summed E-state index contributed by atoms with van der Waals surface area (Å²) in [4.78, 5) is 39.1. The van der Waals surface area contributed by atoms with Crippen LogP contribution in [0.3, 0.4) is 0 Å². The van der Waals surface area contributed by atoms with Crippen LogP contribution in [0.15, 0.2) is 24.3 Å². The van der Waals surface area contributed by atoms with Gasteiger partial charge in [0.2, 0.25) is 5.91 Å². The Kier molecular flexibility index (Phi) is 5.89. The topological polar surface area (TPSA) is 69.7 Å². The molecule has 2 rings (SSSR count). The molecule has 24 heavy (non-hydrogen) atoms. The van der Waals surface area contributed by atoms with Gasteiger partial charge in [0, 0.05) is 32.2 Å². The van der Waals surface area contributed by atoms with Gasteiger partial charge in [-0.25, -0.2) is 4.39 Å². The third-order valence-corrected chi connectivity index (χ3v) is 3.78. The van der Waals surface area contributed by atoms with Crippen molar-refractivity contribution in [2.45, 2.75) is 26.3 Å². The van der Waals surface area contributed by atoms with E-state index in [0.29, 0.717) is 31.7 Å². The zero-order valence-electron chi connectivity index (χ0n) is 13.9. The number of hydrogen-bond acceptors (Lipinski definition) is 3. The zero-order valence-corrected chi connectivity index (χ0v) is 13.9. The van der Waals surface area contributed by atoms with Crippen molar-refractivity contribution >= 4 is 17.7 Å². The Hall–Kier alpha value is -2.44. The van der Waals surface area contributed by atoms with Crippen molar-refractivity contribution in [3.05, 3.63) is 35.6 Å². The maximum absolute atomic E-state index is 13.2. The summed E-state index contributed by atoms with van der Waals surface area (Å²) in [5.74, 6) is -1.67. The molecule has 3 amide bonds. The molecule has 7 heteroatoms. The van der Waals surface area contributed by atoms with Gasteiger partial charge in [0.15, 0.2) is 0 Å². The first kappa shape index (κ1) is 17.9. The van der Waals surface area contributed by atoms with Gasteiger partial charge in [0.25, 0.3) is 0 Å². The summed E-state index contributed by atoms with van der Waals surface area (Å²) >= 11 is 0. The smallest absolute Gasteiger partial charge is 0.312 e. The molecule has 0 spiro atoms. The van der Waals surface area contributed by atoms with Gasteiger partial charge >= 0.3 is 11.8 Å². The van der Waals surface area contributed by atoms with E-state index in [-0.39, 0.29) is 24.2 Å². The molecule has 1 N–H and O–H groups in total. The molecular formula is C17H22FN3O3. The van der Waals surface area contributed by atoms with Gasteiger partial charge in [-0.2, -0.15) is 0 Å². The lowest BCUT2D eigenvalue weighted by Crippen LogP contribution is -2.54. The number of carbonyl (C=O) groups excluding carboxylic acids is 3. The molecule has 1 aromatic rings. The van der Waals surface area contributed by atoms with E-state index in [1.165, 1.54) is 17.0 Å². The second-order valence-electron chi connectivity index (χ2n) is 6.11. The molecule has 1 aromatic carbocycles. The third kappa shape index (κ3) is 4.78. The van der Waals surface area contributed by atoms with Crippen molar-refractivity contribution in [1.29, 1.82) is 0 Å². The van der Waals surface area contributed by atoms with E-state index >= 15 is 0 Å². The summed E-state index contributed by atoms with van der Waals surface area (Å²) in [7, 11) is 0.